The molecule has 2 rings (SSSR count). The third kappa shape index (κ3) is 3.20. The Bertz CT molecular complexity index is 480. The first-order chi connectivity index (χ1) is 9.52. The Hall–Kier alpha value is -1.36. The van der Waals surface area contributed by atoms with Gasteiger partial charge >= 0.3 is 0 Å². The Morgan fingerprint density at radius 2 is 2.20 bits per heavy atom. The second-order valence-electron chi connectivity index (χ2n) is 5.86. The SMILES string of the molecule is CCCn1nc(C)c(NC(=O)C2CCCN(C)C2)c1C. The number of aryl methyl sites for hydroxylation is 2. The highest BCUT2D eigenvalue weighted by Crippen LogP contribution is 2.22. The number of hydrogen-bond donors (Lipinski definition) is 1. The Kier molecular flexibility index (Phi) is 4.81. The monoisotopic (exact) mass is 278 g/mol. The van der Waals surface area contributed by atoms with Crippen LogP contribution in [-0.4, -0.2) is 40.7 Å². The van der Waals surface area contributed by atoms with E-state index in [0.29, 0.717) is 0 Å². The molecule has 1 aromatic rings. The fourth-order valence-corrected chi connectivity index (χ4v) is 2.91. The molecule has 1 fully saturated rings. The van der Waals surface area contributed by atoms with Crippen LogP contribution in [0.2, 0.25) is 0 Å². The van der Waals surface area contributed by atoms with Gasteiger partial charge in [-0.1, -0.05) is 6.92 Å². The van der Waals surface area contributed by atoms with E-state index >= 15 is 0 Å². The van der Waals surface area contributed by atoms with Crippen molar-refractivity contribution in [1.82, 2.24) is 14.7 Å². The predicted octanol–water partition coefficient (Wildman–Crippen LogP) is 2.19. The van der Waals surface area contributed by atoms with Crippen LogP contribution in [0, 0.1) is 19.8 Å². The number of piperidine rings is 1. The van der Waals surface area contributed by atoms with Crippen molar-refractivity contribution < 1.29 is 4.79 Å². The van der Waals surface area contributed by atoms with E-state index in [-0.39, 0.29) is 11.8 Å². The van der Waals surface area contributed by atoms with Crippen molar-refractivity contribution in [3.63, 3.8) is 0 Å². The Morgan fingerprint density at radius 1 is 1.45 bits per heavy atom. The van der Waals surface area contributed by atoms with Gasteiger partial charge in [0.2, 0.25) is 5.91 Å². The molecule has 1 aliphatic rings. The molecule has 0 spiro atoms. The summed E-state index contributed by atoms with van der Waals surface area (Å²) in [4.78, 5) is 14.6. The number of rotatable bonds is 4. The molecule has 0 bridgehead atoms. The molecule has 1 N–H and O–H groups in total. The van der Waals surface area contributed by atoms with Gasteiger partial charge in [0, 0.05) is 13.1 Å². The Balaban J connectivity index is 2.07. The Labute approximate surface area is 121 Å². The lowest BCUT2D eigenvalue weighted by Crippen LogP contribution is -2.38. The molecule has 0 saturated carbocycles. The third-order valence-corrected chi connectivity index (χ3v) is 4.06. The van der Waals surface area contributed by atoms with Gasteiger partial charge in [0.1, 0.15) is 0 Å². The molecule has 0 aliphatic carbocycles. The van der Waals surface area contributed by atoms with Crippen molar-refractivity contribution in [3.05, 3.63) is 11.4 Å². The number of amides is 1. The summed E-state index contributed by atoms with van der Waals surface area (Å²) < 4.78 is 1.98. The van der Waals surface area contributed by atoms with Crippen LogP contribution in [0.4, 0.5) is 5.69 Å². The average molecular weight is 278 g/mol. The molecular formula is C15H26N4O. The molecule has 1 atom stereocenters. The van der Waals surface area contributed by atoms with Crippen molar-refractivity contribution in [2.75, 3.05) is 25.5 Å². The van der Waals surface area contributed by atoms with Crippen molar-refractivity contribution in [3.8, 4) is 0 Å². The zero-order valence-corrected chi connectivity index (χ0v) is 13.1. The molecule has 1 aliphatic heterocycles. The first-order valence-electron chi connectivity index (χ1n) is 7.56. The summed E-state index contributed by atoms with van der Waals surface area (Å²) in [6, 6.07) is 0. The van der Waals surface area contributed by atoms with Gasteiger partial charge in [-0.05, 0) is 46.7 Å². The van der Waals surface area contributed by atoms with E-state index in [1.807, 2.05) is 18.5 Å². The largest absolute Gasteiger partial charge is 0.323 e. The van der Waals surface area contributed by atoms with Crippen LogP contribution in [0.1, 0.15) is 37.6 Å². The van der Waals surface area contributed by atoms with Gasteiger partial charge in [0.25, 0.3) is 0 Å². The maximum atomic E-state index is 12.4. The molecule has 20 heavy (non-hydrogen) atoms. The highest BCUT2D eigenvalue weighted by molar-refractivity contribution is 5.93. The minimum Gasteiger partial charge on any atom is -0.323 e. The van der Waals surface area contributed by atoms with Crippen molar-refractivity contribution >= 4 is 11.6 Å². The van der Waals surface area contributed by atoms with Crippen LogP contribution in [0.15, 0.2) is 0 Å². The molecule has 1 amide bonds. The molecular weight excluding hydrogens is 252 g/mol. The smallest absolute Gasteiger partial charge is 0.228 e. The van der Waals surface area contributed by atoms with Gasteiger partial charge < -0.3 is 10.2 Å². The first-order valence-corrected chi connectivity index (χ1v) is 7.56. The number of carbonyl (C=O) groups excluding carboxylic acids is 1. The number of aromatic nitrogens is 2. The van der Waals surface area contributed by atoms with E-state index in [0.717, 1.165) is 56.0 Å². The molecule has 0 radical (unpaired) electrons. The standard InChI is InChI=1S/C15H26N4O/c1-5-8-19-12(3)14(11(2)17-19)16-15(20)13-7-6-9-18(4)10-13/h13H,5-10H2,1-4H3,(H,16,20). The zero-order valence-electron chi connectivity index (χ0n) is 13.1. The fraction of sp³-hybridized carbons (Fsp3) is 0.733. The maximum Gasteiger partial charge on any atom is 0.228 e. The number of hydrogen-bond acceptors (Lipinski definition) is 3. The lowest BCUT2D eigenvalue weighted by molar-refractivity contribution is -0.121. The van der Waals surface area contributed by atoms with Crippen molar-refractivity contribution in [2.45, 2.75) is 46.6 Å². The number of anilines is 1. The number of likely N-dealkylation sites (tertiary alicyclic amines) is 1. The average Bonchev–Trinajstić information content (AvgIpc) is 2.67. The lowest BCUT2D eigenvalue weighted by atomic mass is 9.97. The second-order valence-corrected chi connectivity index (χ2v) is 5.86. The van der Waals surface area contributed by atoms with Crippen LogP contribution < -0.4 is 5.32 Å². The van der Waals surface area contributed by atoms with Gasteiger partial charge in [-0.3, -0.25) is 9.48 Å². The molecule has 112 valence electrons. The molecule has 2 heterocycles. The molecule has 1 saturated heterocycles. The van der Waals surface area contributed by atoms with Crippen molar-refractivity contribution in [1.29, 1.82) is 0 Å². The molecule has 1 unspecified atom stereocenters. The second kappa shape index (κ2) is 6.39. The number of carbonyl (C=O) groups is 1. The zero-order chi connectivity index (χ0) is 14.7. The van der Waals surface area contributed by atoms with Crippen LogP contribution >= 0.6 is 0 Å². The maximum absolute atomic E-state index is 12.4. The van der Waals surface area contributed by atoms with E-state index < -0.39 is 0 Å². The van der Waals surface area contributed by atoms with Crippen LogP contribution in [-0.2, 0) is 11.3 Å². The van der Waals surface area contributed by atoms with E-state index in [2.05, 4.69) is 29.3 Å². The lowest BCUT2D eigenvalue weighted by Gasteiger charge is -2.28. The van der Waals surface area contributed by atoms with Gasteiger partial charge in [-0.25, -0.2) is 0 Å². The molecule has 5 heteroatoms. The fourth-order valence-electron chi connectivity index (χ4n) is 2.91. The summed E-state index contributed by atoms with van der Waals surface area (Å²) >= 11 is 0. The van der Waals surface area contributed by atoms with E-state index in [1.54, 1.807) is 0 Å². The molecule has 0 aromatic carbocycles. The number of nitrogens with zero attached hydrogens (tertiary/aromatic N) is 3. The quantitative estimate of drug-likeness (QED) is 0.918. The third-order valence-electron chi connectivity index (χ3n) is 4.06. The summed E-state index contributed by atoms with van der Waals surface area (Å²) in [5.41, 5.74) is 2.87. The molecule has 5 nitrogen and oxygen atoms in total. The summed E-state index contributed by atoms with van der Waals surface area (Å²) in [5, 5.41) is 7.60. The van der Waals surface area contributed by atoms with Crippen LogP contribution in [0.25, 0.3) is 0 Å². The summed E-state index contributed by atoms with van der Waals surface area (Å²) in [7, 11) is 2.08. The minimum atomic E-state index is 0.0991. The van der Waals surface area contributed by atoms with Crippen molar-refractivity contribution in [2.24, 2.45) is 5.92 Å². The first kappa shape index (κ1) is 15.0. The van der Waals surface area contributed by atoms with Crippen LogP contribution in [0.5, 0.6) is 0 Å². The number of nitrogens with one attached hydrogen (secondary N) is 1. The van der Waals surface area contributed by atoms with Gasteiger partial charge in [-0.15, -0.1) is 0 Å². The topological polar surface area (TPSA) is 50.2 Å². The van der Waals surface area contributed by atoms with Gasteiger partial charge in [-0.2, -0.15) is 5.10 Å². The molecule has 1 aromatic heterocycles. The van der Waals surface area contributed by atoms with E-state index in [4.69, 9.17) is 0 Å². The highest BCUT2D eigenvalue weighted by atomic mass is 16.1. The predicted molar refractivity (Wildman–Crippen MR) is 80.8 cm³/mol. The van der Waals surface area contributed by atoms with Crippen LogP contribution in [0.3, 0.4) is 0 Å². The Morgan fingerprint density at radius 3 is 2.85 bits per heavy atom. The van der Waals surface area contributed by atoms with Gasteiger partial charge in [0.05, 0.1) is 23.0 Å². The van der Waals surface area contributed by atoms with Gasteiger partial charge in [0.15, 0.2) is 0 Å². The normalized spacial score (nSPS) is 20.1. The highest BCUT2D eigenvalue weighted by Gasteiger charge is 2.25. The summed E-state index contributed by atoms with van der Waals surface area (Å²) in [6.07, 6.45) is 3.13. The van der Waals surface area contributed by atoms with E-state index in [9.17, 15) is 4.79 Å². The summed E-state index contributed by atoms with van der Waals surface area (Å²) in [5.74, 6) is 0.237. The summed E-state index contributed by atoms with van der Waals surface area (Å²) in [6.45, 7) is 8.96. The van der Waals surface area contributed by atoms with E-state index in [1.165, 1.54) is 0 Å². The minimum absolute atomic E-state index is 0.0991.